The van der Waals surface area contributed by atoms with Crippen LogP contribution >= 0.6 is 0 Å². The van der Waals surface area contributed by atoms with Crippen LogP contribution in [0.2, 0.25) is 0 Å². The van der Waals surface area contributed by atoms with Crippen LogP contribution < -0.4 is 9.64 Å². The van der Waals surface area contributed by atoms with Crippen LogP contribution in [-0.4, -0.2) is 31.1 Å². The van der Waals surface area contributed by atoms with Crippen LogP contribution in [0.25, 0.3) is 0 Å². The summed E-state index contributed by atoms with van der Waals surface area (Å²) < 4.78 is 5.21. The second-order valence-corrected chi connectivity index (χ2v) is 4.63. The van der Waals surface area contributed by atoms with Gasteiger partial charge in [-0.25, -0.2) is 9.59 Å². The Morgan fingerprint density at radius 1 is 0.952 bits per heavy atom. The summed E-state index contributed by atoms with van der Waals surface area (Å²) in [6.07, 6.45) is 0. The number of carboxylic acids is 1. The SMILES string of the molecule is CN(C)c1ccc(OC(=O)c2ccccc2C(=O)O)cc1. The second-order valence-electron chi connectivity index (χ2n) is 4.63. The molecule has 0 atom stereocenters. The maximum Gasteiger partial charge on any atom is 0.344 e. The summed E-state index contributed by atoms with van der Waals surface area (Å²) in [7, 11) is 3.81. The summed E-state index contributed by atoms with van der Waals surface area (Å²) >= 11 is 0. The third kappa shape index (κ3) is 3.39. The van der Waals surface area contributed by atoms with Gasteiger partial charge in [-0.1, -0.05) is 12.1 Å². The van der Waals surface area contributed by atoms with E-state index < -0.39 is 11.9 Å². The van der Waals surface area contributed by atoms with E-state index in [2.05, 4.69) is 0 Å². The van der Waals surface area contributed by atoms with E-state index in [9.17, 15) is 9.59 Å². The molecule has 0 aliphatic heterocycles. The molecule has 0 aliphatic rings. The van der Waals surface area contributed by atoms with E-state index in [1.54, 1.807) is 24.3 Å². The molecule has 5 nitrogen and oxygen atoms in total. The lowest BCUT2D eigenvalue weighted by Gasteiger charge is -2.12. The average Bonchev–Trinajstić information content (AvgIpc) is 2.47. The number of carbonyl (C=O) groups is 2. The Hall–Kier alpha value is -2.82. The van der Waals surface area contributed by atoms with Gasteiger partial charge in [-0.05, 0) is 36.4 Å². The molecule has 0 amide bonds. The molecule has 0 unspecified atom stereocenters. The van der Waals surface area contributed by atoms with Crippen molar-refractivity contribution < 1.29 is 19.4 Å². The first-order valence-corrected chi connectivity index (χ1v) is 6.31. The molecule has 0 saturated carbocycles. The smallest absolute Gasteiger partial charge is 0.344 e. The van der Waals surface area contributed by atoms with Crippen LogP contribution in [0.3, 0.4) is 0 Å². The van der Waals surface area contributed by atoms with Gasteiger partial charge in [0, 0.05) is 19.8 Å². The van der Waals surface area contributed by atoms with Crippen LogP contribution in [0.4, 0.5) is 5.69 Å². The lowest BCUT2D eigenvalue weighted by atomic mass is 10.1. The number of benzene rings is 2. The van der Waals surface area contributed by atoms with Crippen LogP contribution in [0.5, 0.6) is 5.75 Å². The molecule has 0 heterocycles. The molecule has 2 aromatic carbocycles. The first-order chi connectivity index (χ1) is 9.99. The third-order valence-corrected chi connectivity index (χ3v) is 2.94. The highest BCUT2D eigenvalue weighted by Gasteiger charge is 2.17. The third-order valence-electron chi connectivity index (χ3n) is 2.94. The number of hydrogen-bond acceptors (Lipinski definition) is 4. The number of anilines is 1. The summed E-state index contributed by atoms with van der Waals surface area (Å²) in [4.78, 5) is 25.1. The summed E-state index contributed by atoms with van der Waals surface area (Å²) in [6.45, 7) is 0. The highest BCUT2D eigenvalue weighted by Crippen LogP contribution is 2.19. The van der Waals surface area contributed by atoms with Gasteiger partial charge in [0.25, 0.3) is 0 Å². The molecule has 0 bridgehead atoms. The van der Waals surface area contributed by atoms with Gasteiger partial charge >= 0.3 is 11.9 Å². The number of ether oxygens (including phenoxy) is 1. The zero-order chi connectivity index (χ0) is 15.4. The van der Waals surface area contributed by atoms with Gasteiger partial charge in [-0.15, -0.1) is 0 Å². The average molecular weight is 285 g/mol. The number of esters is 1. The Morgan fingerprint density at radius 2 is 1.52 bits per heavy atom. The molecule has 0 saturated heterocycles. The Morgan fingerprint density at radius 3 is 2.05 bits per heavy atom. The van der Waals surface area contributed by atoms with Gasteiger partial charge in [-0.3, -0.25) is 0 Å². The van der Waals surface area contributed by atoms with Gasteiger partial charge in [-0.2, -0.15) is 0 Å². The van der Waals surface area contributed by atoms with Gasteiger partial charge in [0.15, 0.2) is 0 Å². The first kappa shape index (κ1) is 14.6. The predicted octanol–water partition coefficient (Wildman–Crippen LogP) is 2.67. The fourth-order valence-corrected chi connectivity index (χ4v) is 1.82. The van der Waals surface area contributed by atoms with Crippen molar-refractivity contribution in [2.24, 2.45) is 0 Å². The Labute approximate surface area is 122 Å². The molecule has 2 rings (SSSR count). The van der Waals surface area contributed by atoms with Crippen molar-refractivity contribution in [1.82, 2.24) is 0 Å². The minimum Gasteiger partial charge on any atom is -0.478 e. The fourth-order valence-electron chi connectivity index (χ4n) is 1.82. The molecule has 21 heavy (non-hydrogen) atoms. The van der Waals surface area contributed by atoms with Crippen LogP contribution in [0.15, 0.2) is 48.5 Å². The maximum absolute atomic E-state index is 12.1. The number of aromatic carboxylic acids is 1. The van der Waals surface area contributed by atoms with Gasteiger partial charge < -0.3 is 14.7 Å². The summed E-state index contributed by atoms with van der Waals surface area (Å²) in [5.74, 6) is -1.48. The van der Waals surface area contributed by atoms with Crippen LogP contribution in [0.1, 0.15) is 20.7 Å². The number of carbonyl (C=O) groups excluding carboxylic acids is 1. The van der Waals surface area contributed by atoms with Crippen molar-refractivity contribution in [3.63, 3.8) is 0 Å². The van der Waals surface area contributed by atoms with E-state index in [0.717, 1.165) is 5.69 Å². The van der Waals surface area contributed by atoms with Crippen molar-refractivity contribution in [2.75, 3.05) is 19.0 Å². The normalized spacial score (nSPS) is 10.0. The zero-order valence-electron chi connectivity index (χ0n) is 11.7. The van der Waals surface area contributed by atoms with E-state index in [1.165, 1.54) is 12.1 Å². The van der Waals surface area contributed by atoms with E-state index in [4.69, 9.17) is 9.84 Å². The number of hydrogen-bond donors (Lipinski definition) is 1. The lowest BCUT2D eigenvalue weighted by molar-refractivity contribution is 0.0668. The summed E-state index contributed by atoms with van der Waals surface area (Å²) in [6, 6.07) is 12.9. The molecule has 0 radical (unpaired) electrons. The minimum atomic E-state index is -1.16. The largest absolute Gasteiger partial charge is 0.478 e. The minimum absolute atomic E-state index is 0.0293. The molecule has 1 N–H and O–H groups in total. The van der Waals surface area contributed by atoms with Crippen molar-refractivity contribution in [3.8, 4) is 5.75 Å². The van der Waals surface area contributed by atoms with Crippen molar-refractivity contribution in [1.29, 1.82) is 0 Å². The standard InChI is InChI=1S/C16H15NO4/c1-17(2)11-7-9-12(10-8-11)21-16(20)14-6-4-3-5-13(14)15(18)19/h3-10H,1-2H3,(H,18,19). The number of nitrogens with zero attached hydrogens (tertiary/aromatic N) is 1. The topological polar surface area (TPSA) is 66.8 Å². The molecule has 2 aromatic rings. The second kappa shape index (κ2) is 6.09. The molecular weight excluding hydrogens is 270 g/mol. The Bertz CT molecular complexity index is 662. The van der Waals surface area contributed by atoms with Crippen LogP contribution in [-0.2, 0) is 0 Å². The quantitative estimate of drug-likeness (QED) is 0.691. The highest BCUT2D eigenvalue weighted by atomic mass is 16.5. The Balaban J connectivity index is 2.20. The molecule has 5 heteroatoms. The molecule has 0 aliphatic carbocycles. The van der Waals surface area contributed by atoms with Gasteiger partial charge in [0.2, 0.25) is 0 Å². The van der Waals surface area contributed by atoms with Crippen molar-refractivity contribution >= 4 is 17.6 Å². The first-order valence-electron chi connectivity index (χ1n) is 6.31. The Kier molecular flexibility index (Phi) is 4.23. The molecular formula is C16H15NO4. The van der Waals surface area contributed by atoms with Crippen LogP contribution in [0, 0.1) is 0 Å². The van der Waals surface area contributed by atoms with Gasteiger partial charge in [0.05, 0.1) is 11.1 Å². The van der Waals surface area contributed by atoms with Crippen molar-refractivity contribution in [2.45, 2.75) is 0 Å². The molecule has 0 aromatic heterocycles. The maximum atomic E-state index is 12.1. The summed E-state index contributed by atoms with van der Waals surface area (Å²) in [5.41, 5.74) is 0.926. The van der Waals surface area contributed by atoms with Gasteiger partial charge in [0.1, 0.15) is 5.75 Å². The summed E-state index contributed by atoms with van der Waals surface area (Å²) in [5, 5.41) is 9.06. The fraction of sp³-hybridized carbons (Fsp3) is 0.125. The zero-order valence-corrected chi connectivity index (χ0v) is 11.7. The molecule has 108 valence electrons. The number of rotatable bonds is 4. The van der Waals surface area contributed by atoms with E-state index in [1.807, 2.05) is 31.1 Å². The van der Waals surface area contributed by atoms with E-state index in [-0.39, 0.29) is 11.1 Å². The highest BCUT2D eigenvalue weighted by molar-refractivity contribution is 6.03. The molecule has 0 spiro atoms. The predicted molar refractivity (Wildman–Crippen MR) is 79.1 cm³/mol. The van der Waals surface area contributed by atoms with E-state index >= 15 is 0 Å². The van der Waals surface area contributed by atoms with Crippen molar-refractivity contribution in [3.05, 3.63) is 59.7 Å². The monoisotopic (exact) mass is 285 g/mol. The lowest BCUT2D eigenvalue weighted by Crippen LogP contribution is -2.14. The number of carboxylic acid groups (broad SMARTS) is 1. The molecule has 0 fully saturated rings. The van der Waals surface area contributed by atoms with E-state index in [0.29, 0.717) is 5.75 Å².